The molecule has 0 amide bonds. The average Bonchev–Trinajstić information content (AvgIpc) is 2.95. The van der Waals surface area contributed by atoms with Gasteiger partial charge in [-0.15, -0.1) is 0 Å². The summed E-state index contributed by atoms with van der Waals surface area (Å²) in [6, 6.07) is 0. The molecule has 0 aromatic heterocycles. The van der Waals surface area contributed by atoms with Crippen LogP contribution >= 0.6 is 0 Å². The van der Waals surface area contributed by atoms with Crippen LogP contribution in [0.4, 0.5) is 0 Å². The van der Waals surface area contributed by atoms with Gasteiger partial charge in [-0.3, -0.25) is 0 Å². The zero-order chi connectivity index (χ0) is 18.5. The average molecular weight is 347 g/mol. The van der Waals surface area contributed by atoms with E-state index in [0.29, 0.717) is 0 Å². The summed E-state index contributed by atoms with van der Waals surface area (Å²) in [4.78, 5) is 0. The molecular formula is C25H46. The summed E-state index contributed by atoms with van der Waals surface area (Å²) in [7, 11) is 0. The van der Waals surface area contributed by atoms with Crippen LogP contribution in [-0.4, -0.2) is 0 Å². The van der Waals surface area contributed by atoms with Gasteiger partial charge in [-0.05, 0) is 96.7 Å². The molecule has 4 saturated carbocycles. The van der Waals surface area contributed by atoms with Crippen molar-refractivity contribution < 1.29 is 0 Å². The summed E-state index contributed by atoms with van der Waals surface area (Å²) in [6.07, 6.45) is 7.70. The Kier molecular flexibility index (Phi) is 5.97. The van der Waals surface area contributed by atoms with Crippen molar-refractivity contribution in [2.75, 3.05) is 0 Å². The molecule has 4 fully saturated rings. The standard InChI is InChI=1S/C13H24.C12H22/c1-8(2)12-10-6-5-7-11(10)13(12)9(3)4;1-7(2)10-5-9-6-11(9)12(10)8(3)4/h8-13H,5-7H2,1-4H3;7-12H,5-6H2,1-4H3. The second-order valence-corrected chi connectivity index (χ2v) is 11.5. The van der Waals surface area contributed by atoms with Crippen LogP contribution < -0.4 is 0 Å². The highest BCUT2D eigenvalue weighted by molar-refractivity contribution is 5.03. The van der Waals surface area contributed by atoms with E-state index in [9.17, 15) is 0 Å². The van der Waals surface area contributed by atoms with Gasteiger partial charge in [0.1, 0.15) is 0 Å². The lowest BCUT2D eigenvalue weighted by Gasteiger charge is -2.53. The molecule has 0 N–H and O–H groups in total. The third-order valence-corrected chi connectivity index (χ3v) is 8.76. The molecule has 0 aromatic carbocycles. The van der Waals surface area contributed by atoms with Crippen LogP contribution in [0, 0.1) is 71.0 Å². The summed E-state index contributed by atoms with van der Waals surface area (Å²) in [5.41, 5.74) is 0. The lowest BCUT2D eigenvalue weighted by Crippen LogP contribution is -2.48. The molecule has 0 aromatic rings. The topological polar surface area (TPSA) is 0 Å². The predicted molar refractivity (Wildman–Crippen MR) is 110 cm³/mol. The Balaban J connectivity index is 0.000000146. The summed E-state index contributed by atoms with van der Waals surface area (Å²) < 4.78 is 0. The summed E-state index contributed by atoms with van der Waals surface area (Å²) in [6.45, 7) is 19.4. The number of hydrogen-bond acceptors (Lipinski definition) is 0. The Morgan fingerprint density at radius 1 is 0.520 bits per heavy atom. The fourth-order valence-corrected chi connectivity index (χ4v) is 7.82. The van der Waals surface area contributed by atoms with E-state index in [1.165, 1.54) is 19.3 Å². The first-order valence-corrected chi connectivity index (χ1v) is 11.7. The molecule has 0 heterocycles. The van der Waals surface area contributed by atoms with Crippen molar-refractivity contribution in [3.05, 3.63) is 0 Å². The molecular weight excluding hydrogens is 300 g/mol. The summed E-state index contributed by atoms with van der Waals surface area (Å²) in [5, 5.41) is 0. The molecule has 4 rings (SSSR count). The highest BCUT2D eigenvalue weighted by atomic mass is 14.6. The molecule has 146 valence electrons. The zero-order valence-electron chi connectivity index (χ0n) is 18.5. The zero-order valence-corrected chi connectivity index (χ0v) is 18.5. The second-order valence-electron chi connectivity index (χ2n) is 11.5. The minimum absolute atomic E-state index is 0.921. The highest BCUT2D eigenvalue weighted by Crippen LogP contribution is 2.62. The van der Waals surface area contributed by atoms with Gasteiger partial charge in [-0.2, -0.15) is 0 Å². The fourth-order valence-electron chi connectivity index (χ4n) is 7.82. The van der Waals surface area contributed by atoms with Gasteiger partial charge in [0.2, 0.25) is 0 Å². The monoisotopic (exact) mass is 346 g/mol. The van der Waals surface area contributed by atoms with Crippen molar-refractivity contribution in [2.45, 2.75) is 87.5 Å². The minimum atomic E-state index is 0.921. The SMILES string of the molecule is CC(C)C1C2CCCC2C1C(C)C.CC(C)C1CC2CC2C1C(C)C. The van der Waals surface area contributed by atoms with Gasteiger partial charge in [0.05, 0.1) is 0 Å². The molecule has 8 atom stereocenters. The number of rotatable bonds is 4. The van der Waals surface area contributed by atoms with E-state index >= 15 is 0 Å². The predicted octanol–water partition coefficient (Wildman–Crippen LogP) is 7.53. The molecule has 0 aliphatic heterocycles. The van der Waals surface area contributed by atoms with E-state index in [1.54, 1.807) is 12.8 Å². The first-order chi connectivity index (χ1) is 11.7. The van der Waals surface area contributed by atoms with Crippen molar-refractivity contribution in [1.29, 1.82) is 0 Å². The van der Waals surface area contributed by atoms with E-state index in [1.807, 2.05) is 0 Å². The Labute approximate surface area is 158 Å². The van der Waals surface area contributed by atoms with Gasteiger partial charge in [-0.1, -0.05) is 61.8 Å². The van der Waals surface area contributed by atoms with Gasteiger partial charge in [0.25, 0.3) is 0 Å². The van der Waals surface area contributed by atoms with Crippen LogP contribution in [0.3, 0.4) is 0 Å². The van der Waals surface area contributed by atoms with Crippen molar-refractivity contribution >= 4 is 0 Å². The summed E-state index contributed by atoms with van der Waals surface area (Å²) >= 11 is 0. The molecule has 8 unspecified atom stereocenters. The number of hydrogen-bond donors (Lipinski definition) is 0. The van der Waals surface area contributed by atoms with Crippen LogP contribution in [0.5, 0.6) is 0 Å². The second kappa shape index (κ2) is 7.55. The molecule has 0 spiro atoms. The van der Waals surface area contributed by atoms with Crippen molar-refractivity contribution in [2.24, 2.45) is 71.0 Å². The fraction of sp³-hybridized carbons (Fsp3) is 1.00. The molecule has 25 heavy (non-hydrogen) atoms. The Morgan fingerprint density at radius 3 is 1.36 bits per heavy atom. The molecule has 0 saturated heterocycles. The molecule has 0 bridgehead atoms. The van der Waals surface area contributed by atoms with E-state index in [2.05, 4.69) is 55.4 Å². The molecule has 0 radical (unpaired) electrons. The van der Waals surface area contributed by atoms with Crippen molar-refractivity contribution in [3.63, 3.8) is 0 Å². The molecule has 0 heteroatoms. The normalized spacial score (nSPS) is 44.6. The summed E-state index contributed by atoms with van der Waals surface area (Å²) in [5.74, 6) is 12.4. The third kappa shape index (κ3) is 3.70. The van der Waals surface area contributed by atoms with Crippen molar-refractivity contribution in [1.82, 2.24) is 0 Å². The first-order valence-electron chi connectivity index (χ1n) is 11.7. The molecule has 4 aliphatic carbocycles. The lowest BCUT2D eigenvalue weighted by molar-refractivity contribution is -0.0575. The largest absolute Gasteiger partial charge is 0.0625 e. The maximum Gasteiger partial charge on any atom is -0.0326 e. The Bertz CT molecular complexity index is 411. The number of fused-ring (bicyclic) bond motifs is 2. The van der Waals surface area contributed by atoms with Gasteiger partial charge in [-0.25, -0.2) is 0 Å². The first kappa shape index (κ1) is 19.8. The Hall–Kier alpha value is 0. The maximum atomic E-state index is 2.43. The van der Waals surface area contributed by atoms with Crippen LogP contribution in [0.2, 0.25) is 0 Å². The molecule has 0 nitrogen and oxygen atoms in total. The van der Waals surface area contributed by atoms with E-state index in [-0.39, 0.29) is 0 Å². The van der Waals surface area contributed by atoms with Gasteiger partial charge in [0.15, 0.2) is 0 Å². The third-order valence-electron chi connectivity index (χ3n) is 8.76. The van der Waals surface area contributed by atoms with Crippen LogP contribution in [0.25, 0.3) is 0 Å². The smallest absolute Gasteiger partial charge is 0.0326 e. The van der Waals surface area contributed by atoms with E-state index in [0.717, 1.165) is 71.0 Å². The van der Waals surface area contributed by atoms with E-state index < -0.39 is 0 Å². The van der Waals surface area contributed by atoms with Gasteiger partial charge < -0.3 is 0 Å². The van der Waals surface area contributed by atoms with Crippen molar-refractivity contribution in [3.8, 4) is 0 Å². The van der Waals surface area contributed by atoms with Crippen LogP contribution in [0.1, 0.15) is 87.5 Å². The Morgan fingerprint density at radius 2 is 1.00 bits per heavy atom. The molecule has 4 aliphatic rings. The maximum absolute atomic E-state index is 2.43. The quantitative estimate of drug-likeness (QED) is 0.493. The highest BCUT2D eigenvalue weighted by Gasteiger charge is 2.54. The van der Waals surface area contributed by atoms with Crippen LogP contribution in [-0.2, 0) is 0 Å². The van der Waals surface area contributed by atoms with E-state index in [4.69, 9.17) is 0 Å². The lowest BCUT2D eigenvalue weighted by atomic mass is 9.51. The van der Waals surface area contributed by atoms with Gasteiger partial charge >= 0.3 is 0 Å². The minimum Gasteiger partial charge on any atom is -0.0625 e. The van der Waals surface area contributed by atoms with Crippen LogP contribution in [0.15, 0.2) is 0 Å². The van der Waals surface area contributed by atoms with Gasteiger partial charge in [0, 0.05) is 0 Å².